The molecule has 0 amide bonds. The highest BCUT2D eigenvalue weighted by molar-refractivity contribution is 7.80. The summed E-state index contributed by atoms with van der Waals surface area (Å²) in [6.07, 6.45) is 0. The highest BCUT2D eigenvalue weighted by Crippen LogP contribution is 2.40. The van der Waals surface area contributed by atoms with E-state index in [1.54, 1.807) is 6.07 Å². The average molecular weight is 351 g/mol. The van der Waals surface area contributed by atoms with Gasteiger partial charge in [-0.05, 0) is 47.9 Å². The van der Waals surface area contributed by atoms with Gasteiger partial charge in [0.05, 0.1) is 17.5 Å². The summed E-state index contributed by atoms with van der Waals surface area (Å²) < 4.78 is 5.47. The van der Waals surface area contributed by atoms with Gasteiger partial charge < -0.3 is 15.6 Å². The van der Waals surface area contributed by atoms with Crippen molar-refractivity contribution in [3.05, 3.63) is 77.9 Å². The van der Waals surface area contributed by atoms with Crippen molar-refractivity contribution in [2.24, 2.45) is 0 Å². The van der Waals surface area contributed by atoms with E-state index in [1.807, 2.05) is 67.6 Å². The second kappa shape index (κ2) is 7.53. The van der Waals surface area contributed by atoms with Gasteiger partial charge >= 0.3 is 0 Å². The molecule has 3 aromatic carbocycles. The summed E-state index contributed by atoms with van der Waals surface area (Å²) in [5, 5.41) is 10.2. The maximum atomic E-state index is 10.4. The molecule has 3 nitrogen and oxygen atoms in total. The van der Waals surface area contributed by atoms with E-state index in [4.69, 9.17) is 23.1 Å². The van der Waals surface area contributed by atoms with E-state index in [-0.39, 0.29) is 11.0 Å². The number of aromatic hydroxyl groups is 1. The van der Waals surface area contributed by atoms with Gasteiger partial charge in [-0.1, -0.05) is 42.5 Å². The van der Waals surface area contributed by atoms with E-state index in [0.29, 0.717) is 17.9 Å². The number of thiol groups is 1. The number of anilines is 1. The Balaban J connectivity index is 1.99. The fraction of sp³-hybridized carbons (Fsp3) is 0.143. The first-order valence-corrected chi connectivity index (χ1v) is 8.70. The second-order valence-corrected chi connectivity index (χ2v) is 6.29. The molecule has 3 rings (SSSR count). The van der Waals surface area contributed by atoms with Crippen LogP contribution in [0, 0.1) is 0 Å². The molecule has 0 fully saturated rings. The molecule has 0 bridgehead atoms. The molecule has 0 radical (unpaired) electrons. The quantitative estimate of drug-likeness (QED) is 0.342. The van der Waals surface area contributed by atoms with Crippen LogP contribution >= 0.6 is 12.6 Å². The molecule has 0 saturated heterocycles. The second-order valence-electron chi connectivity index (χ2n) is 5.77. The minimum atomic E-state index is -0.290. The Morgan fingerprint density at radius 1 is 1.00 bits per heavy atom. The molecule has 0 spiro atoms. The monoisotopic (exact) mass is 351 g/mol. The molecular weight excluding hydrogens is 330 g/mol. The van der Waals surface area contributed by atoms with E-state index in [2.05, 4.69) is 0 Å². The molecule has 3 N–H and O–H groups in total. The van der Waals surface area contributed by atoms with Crippen LogP contribution in [0.4, 0.5) is 5.69 Å². The predicted octanol–water partition coefficient (Wildman–Crippen LogP) is 5.06. The topological polar surface area (TPSA) is 55.5 Å². The number of phenolic OH excluding ortho intramolecular Hbond substituents is 1. The lowest BCUT2D eigenvalue weighted by atomic mass is 9.96. The summed E-state index contributed by atoms with van der Waals surface area (Å²) in [6.45, 7) is 2.57. The van der Waals surface area contributed by atoms with Crippen LogP contribution in [0.5, 0.6) is 11.5 Å². The van der Waals surface area contributed by atoms with Gasteiger partial charge in [-0.15, -0.1) is 0 Å². The summed E-state index contributed by atoms with van der Waals surface area (Å²) in [4.78, 5) is 0. The highest BCUT2D eigenvalue weighted by Gasteiger charge is 2.17. The third-order valence-electron chi connectivity index (χ3n) is 4.08. The molecule has 128 valence electrons. The van der Waals surface area contributed by atoms with E-state index in [9.17, 15) is 5.11 Å². The van der Waals surface area contributed by atoms with Crippen LogP contribution in [-0.2, 0) is 0 Å². The number of nitrogens with two attached hydrogens (primary N) is 1. The zero-order valence-electron chi connectivity index (χ0n) is 14.0. The maximum Gasteiger partial charge on any atom is 0.143 e. The standard InChI is InChI=1S/C21H21NO2S/c1-2-24-17-10-8-15(9-11-17)21(25)18-12-16(13-19(22)20(18)23)14-6-4-3-5-7-14/h3-13,21,23,25H,2,22H2,1H3. The summed E-state index contributed by atoms with van der Waals surface area (Å²) in [7, 11) is 0. The van der Waals surface area contributed by atoms with Crippen molar-refractivity contribution in [2.75, 3.05) is 12.3 Å². The minimum absolute atomic E-state index is 0.0774. The van der Waals surface area contributed by atoms with Crippen molar-refractivity contribution in [3.63, 3.8) is 0 Å². The van der Waals surface area contributed by atoms with E-state index in [1.165, 1.54) is 0 Å². The first-order chi connectivity index (χ1) is 12.1. The summed E-state index contributed by atoms with van der Waals surface area (Å²) >= 11 is 4.72. The lowest BCUT2D eigenvalue weighted by molar-refractivity contribution is 0.340. The molecule has 1 atom stereocenters. The van der Waals surface area contributed by atoms with Gasteiger partial charge in [0, 0.05) is 5.56 Å². The largest absolute Gasteiger partial charge is 0.505 e. The number of nitrogen functional groups attached to an aromatic ring is 1. The number of hydrogen-bond acceptors (Lipinski definition) is 4. The van der Waals surface area contributed by atoms with Crippen molar-refractivity contribution in [3.8, 4) is 22.6 Å². The third-order valence-corrected chi connectivity index (χ3v) is 4.65. The Morgan fingerprint density at radius 3 is 2.32 bits per heavy atom. The van der Waals surface area contributed by atoms with Crippen LogP contribution in [-0.4, -0.2) is 11.7 Å². The van der Waals surface area contributed by atoms with Gasteiger partial charge in [-0.3, -0.25) is 0 Å². The number of hydrogen-bond donors (Lipinski definition) is 3. The maximum absolute atomic E-state index is 10.4. The van der Waals surface area contributed by atoms with Gasteiger partial charge in [0.25, 0.3) is 0 Å². The number of ether oxygens (including phenoxy) is 1. The Labute approximate surface area is 153 Å². The van der Waals surface area contributed by atoms with Crippen molar-refractivity contribution in [2.45, 2.75) is 12.2 Å². The predicted molar refractivity (Wildman–Crippen MR) is 106 cm³/mol. The molecule has 1 unspecified atom stereocenters. The van der Waals surface area contributed by atoms with Gasteiger partial charge in [0.15, 0.2) is 0 Å². The molecule has 0 aliphatic carbocycles. The van der Waals surface area contributed by atoms with E-state index >= 15 is 0 Å². The van der Waals surface area contributed by atoms with Crippen LogP contribution < -0.4 is 10.5 Å². The first kappa shape index (κ1) is 17.2. The SMILES string of the molecule is CCOc1ccc(C(S)c2cc(-c3ccccc3)cc(N)c2O)cc1. The molecule has 0 aliphatic rings. The fourth-order valence-electron chi connectivity index (χ4n) is 2.78. The van der Waals surface area contributed by atoms with E-state index in [0.717, 1.165) is 22.4 Å². The van der Waals surface area contributed by atoms with Gasteiger partial charge in [-0.25, -0.2) is 0 Å². The Morgan fingerprint density at radius 2 is 1.68 bits per heavy atom. The number of phenols is 1. The molecule has 0 aromatic heterocycles. The minimum Gasteiger partial charge on any atom is -0.505 e. The van der Waals surface area contributed by atoms with E-state index < -0.39 is 0 Å². The Kier molecular flexibility index (Phi) is 5.19. The number of rotatable bonds is 5. The highest BCUT2D eigenvalue weighted by atomic mass is 32.1. The van der Waals surface area contributed by atoms with Crippen molar-refractivity contribution in [1.82, 2.24) is 0 Å². The van der Waals surface area contributed by atoms with Crippen LogP contribution in [0.3, 0.4) is 0 Å². The van der Waals surface area contributed by atoms with Crippen LogP contribution in [0.25, 0.3) is 11.1 Å². The number of benzene rings is 3. The molecular formula is C21H21NO2S. The average Bonchev–Trinajstić information content (AvgIpc) is 2.65. The molecule has 4 heteroatoms. The molecule has 3 aromatic rings. The summed E-state index contributed by atoms with van der Waals surface area (Å²) in [5.41, 5.74) is 10.0. The van der Waals surface area contributed by atoms with Crippen molar-refractivity contribution >= 4 is 18.3 Å². The van der Waals surface area contributed by atoms with Crippen LogP contribution in [0.1, 0.15) is 23.3 Å². The summed E-state index contributed by atoms with van der Waals surface area (Å²) in [6, 6.07) is 21.4. The first-order valence-electron chi connectivity index (χ1n) is 8.18. The van der Waals surface area contributed by atoms with Crippen molar-refractivity contribution < 1.29 is 9.84 Å². The van der Waals surface area contributed by atoms with Gasteiger partial charge in [0.1, 0.15) is 11.5 Å². The van der Waals surface area contributed by atoms with Crippen LogP contribution in [0.15, 0.2) is 66.7 Å². The third kappa shape index (κ3) is 3.74. The zero-order valence-corrected chi connectivity index (χ0v) is 14.9. The molecule has 25 heavy (non-hydrogen) atoms. The molecule has 0 saturated carbocycles. The van der Waals surface area contributed by atoms with Crippen molar-refractivity contribution in [1.29, 1.82) is 0 Å². The Hall–Kier alpha value is -2.59. The van der Waals surface area contributed by atoms with Gasteiger partial charge in [-0.2, -0.15) is 12.6 Å². The normalized spacial score (nSPS) is 11.9. The van der Waals surface area contributed by atoms with Gasteiger partial charge in [0.2, 0.25) is 0 Å². The smallest absolute Gasteiger partial charge is 0.143 e. The van der Waals surface area contributed by atoms with Crippen LogP contribution in [0.2, 0.25) is 0 Å². The molecule has 0 aliphatic heterocycles. The summed E-state index contributed by atoms with van der Waals surface area (Å²) in [5.74, 6) is 0.891. The zero-order chi connectivity index (χ0) is 17.8. The lowest BCUT2D eigenvalue weighted by Gasteiger charge is -2.17. The lowest BCUT2D eigenvalue weighted by Crippen LogP contribution is -1.99. The fourth-order valence-corrected chi connectivity index (χ4v) is 3.15. The molecule has 0 heterocycles. The Bertz CT molecular complexity index is 848.